The fourth-order valence-corrected chi connectivity index (χ4v) is 2.29. The van der Waals surface area contributed by atoms with Crippen LogP contribution >= 0.6 is 0 Å². The molecule has 4 nitrogen and oxygen atoms in total. The fraction of sp³-hybridized carbons (Fsp3) is 1.00. The number of methoxy groups -OCH3 is 3. The molecule has 0 aromatic heterocycles. The molecule has 16 heavy (non-hydrogen) atoms. The van der Waals surface area contributed by atoms with Crippen molar-refractivity contribution in [3.8, 4) is 0 Å². The molecule has 0 bridgehead atoms. The summed E-state index contributed by atoms with van der Waals surface area (Å²) < 4.78 is 15.9. The second-order valence-electron chi connectivity index (χ2n) is 4.39. The Morgan fingerprint density at radius 2 is 1.94 bits per heavy atom. The predicted octanol–water partition coefficient (Wildman–Crippen LogP) is 1.19. The third-order valence-corrected chi connectivity index (χ3v) is 3.30. The van der Waals surface area contributed by atoms with Crippen LogP contribution in [0.25, 0.3) is 0 Å². The summed E-state index contributed by atoms with van der Waals surface area (Å²) in [4.78, 5) is 0. The maximum Gasteiger partial charge on any atom is 0.0928 e. The highest BCUT2D eigenvalue weighted by Gasteiger charge is 2.25. The summed E-state index contributed by atoms with van der Waals surface area (Å²) in [6.45, 7) is 1.46. The van der Waals surface area contributed by atoms with Crippen molar-refractivity contribution < 1.29 is 14.2 Å². The average molecular weight is 231 g/mol. The Labute approximate surface area is 98.6 Å². The lowest BCUT2D eigenvalue weighted by Crippen LogP contribution is -2.46. The second-order valence-corrected chi connectivity index (χ2v) is 4.39. The number of ether oxygens (including phenoxy) is 3. The van der Waals surface area contributed by atoms with Gasteiger partial charge in [0.1, 0.15) is 0 Å². The van der Waals surface area contributed by atoms with Crippen LogP contribution in [0.15, 0.2) is 0 Å². The molecule has 0 heterocycles. The van der Waals surface area contributed by atoms with Crippen molar-refractivity contribution in [1.82, 2.24) is 5.32 Å². The van der Waals surface area contributed by atoms with Gasteiger partial charge in [-0.25, -0.2) is 0 Å². The number of nitrogens with one attached hydrogen (secondary N) is 1. The molecule has 1 fully saturated rings. The molecule has 0 aromatic carbocycles. The van der Waals surface area contributed by atoms with Crippen molar-refractivity contribution in [2.24, 2.45) is 0 Å². The molecular formula is C12H25NO3. The van der Waals surface area contributed by atoms with Crippen molar-refractivity contribution in [3.63, 3.8) is 0 Å². The summed E-state index contributed by atoms with van der Waals surface area (Å²) >= 11 is 0. The molecule has 0 aliphatic heterocycles. The smallest absolute Gasteiger partial charge is 0.0928 e. The fourth-order valence-electron chi connectivity index (χ4n) is 2.29. The van der Waals surface area contributed by atoms with Crippen LogP contribution in [0.1, 0.15) is 25.7 Å². The predicted molar refractivity (Wildman–Crippen MR) is 63.7 cm³/mol. The molecule has 0 aromatic rings. The van der Waals surface area contributed by atoms with Crippen molar-refractivity contribution in [2.45, 2.75) is 43.9 Å². The first-order valence-electron chi connectivity index (χ1n) is 6.09. The monoisotopic (exact) mass is 231 g/mol. The highest BCUT2D eigenvalue weighted by atomic mass is 16.5. The lowest BCUT2D eigenvalue weighted by atomic mass is 9.92. The molecule has 1 saturated carbocycles. The zero-order valence-corrected chi connectivity index (χ0v) is 10.7. The first-order chi connectivity index (χ1) is 7.81. The van der Waals surface area contributed by atoms with E-state index in [4.69, 9.17) is 14.2 Å². The van der Waals surface area contributed by atoms with Gasteiger partial charge in [0.2, 0.25) is 0 Å². The van der Waals surface area contributed by atoms with Gasteiger partial charge in [-0.1, -0.05) is 12.8 Å². The number of rotatable bonds is 7. The van der Waals surface area contributed by atoms with Crippen molar-refractivity contribution >= 4 is 0 Å². The standard InChI is InChI=1S/C12H25NO3/c1-14-9-10(15-2)8-13-11-6-4-5-7-12(11)16-3/h10-13H,4-9H2,1-3H3. The van der Waals surface area contributed by atoms with Gasteiger partial charge in [0.15, 0.2) is 0 Å². The zero-order valence-electron chi connectivity index (χ0n) is 10.7. The highest BCUT2D eigenvalue weighted by molar-refractivity contribution is 4.82. The van der Waals surface area contributed by atoms with E-state index in [0.29, 0.717) is 18.8 Å². The molecule has 1 rings (SSSR count). The van der Waals surface area contributed by atoms with Gasteiger partial charge in [-0.3, -0.25) is 0 Å². The van der Waals surface area contributed by atoms with Gasteiger partial charge in [-0.2, -0.15) is 0 Å². The van der Waals surface area contributed by atoms with Crippen LogP contribution in [0.2, 0.25) is 0 Å². The van der Waals surface area contributed by atoms with Crippen LogP contribution in [0.3, 0.4) is 0 Å². The lowest BCUT2D eigenvalue weighted by molar-refractivity contribution is 0.0103. The van der Waals surface area contributed by atoms with E-state index < -0.39 is 0 Å². The van der Waals surface area contributed by atoms with Crippen LogP contribution in [-0.4, -0.2) is 52.7 Å². The topological polar surface area (TPSA) is 39.7 Å². The maximum absolute atomic E-state index is 5.50. The summed E-state index contributed by atoms with van der Waals surface area (Å²) in [5.74, 6) is 0. The SMILES string of the molecule is COCC(CNC1CCCCC1OC)OC. The maximum atomic E-state index is 5.50. The molecule has 1 aliphatic carbocycles. The third-order valence-electron chi connectivity index (χ3n) is 3.30. The first kappa shape index (κ1) is 13.9. The normalized spacial score (nSPS) is 27.9. The van der Waals surface area contributed by atoms with E-state index in [2.05, 4.69) is 5.32 Å². The van der Waals surface area contributed by atoms with Crippen molar-refractivity contribution in [2.75, 3.05) is 34.5 Å². The molecule has 1 N–H and O–H groups in total. The summed E-state index contributed by atoms with van der Waals surface area (Å²) in [6.07, 6.45) is 5.41. The van der Waals surface area contributed by atoms with Gasteiger partial charge in [0.25, 0.3) is 0 Å². The Morgan fingerprint density at radius 3 is 2.56 bits per heavy atom. The van der Waals surface area contributed by atoms with E-state index in [1.54, 1.807) is 21.3 Å². The van der Waals surface area contributed by atoms with Crippen molar-refractivity contribution in [1.29, 1.82) is 0 Å². The largest absolute Gasteiger partial charge is 0.382 e. The molecule has 0 saturated heterocycles. The van der Waals surface area contributed by atoms with Gasteiger partial charge in [-0.05, 0) is 12.8 Å². The molecular weight excluding hydrogens is 206 g/mol. The highest BCUT2D eigenvalue weighted by Crippen LogP contribution is 2.20. The third kappa shape index (κ3) is 4.37. The minimum Gasteiger partial charge on any atom is -0.382 e. The van der Waals surface area contributed by atoms with Gasteiger partial charge in [-0.15, -0.1) is 0 Å². The summed E-state index contributed by atoms with van der Waals surface area (Å²) in [5, 5.41) is 3.53. The molecule has 3 unspecified atom stereocenters. The lowest BCUT2D eigenvalue weighted by Gasteiger charge is -2.32. The van der Waals surface area contributed by atoms with Gasteiger partial charge >= 0.3 is 0 Å². The minimum atomic E-state index is 0.129. The Bertz CT molecular complexity index is 178. The van der Waals surface area contributed by atoms with Gasteiger partial charge in [0.05, 0.1) is 18.8 Å². The Kier molecular flexibility index (Phi) is 6.96. The van der Waals surface area contributed by atoms with E-state index in [1.807, 2.05) is 0 Å². The van der Waals surface area contributed by atoms with Crippen LogP contribution in [0, 0.1) is 0 Å². The van der Waals surface area contributed by atoms with Crippen LogP contribution < -0.4 is 5.32 Å². The summed E-state index contributed by atoms with van der Waals surface area (Å²) in [7, 11) is 5.22. The molecule has 4 heteroatoms. The molecule has 0 radical (unpaired) electrons. The van der Waals surface area contributed by atoms with E-state index in [0.717, 1.165) is 13.0 Å². The minimum absolute atomic E-state index is 0.129. The van der Waals surface area contributed by atoms with Crippen molar-refractivity contribution in [3.05, 3.63) is 0 Å². The Hall–Kier alpha value is -0.160. The van der Waals surface area contributed by atoms with Gasteiger partial charge < -0.3 is 19.5 Å². The van der Waals surface area contributed by atoms with E-state index in [9.17, 15) is 0 Å². The molecule has 1 aliphatic rings. The van der Waals surface area contributed by atoms with E-state index >= 15 is 0 Å². The number of hydrogen-bond donors (Lipinski definition) is 1. The number of hydrogen-bond acceptors (Lipinski definition) is 4. The first-order valence-corrected chi connectivity index (χ1v) is 6.09. The molecule has 3 atom stereocenters. The molecule has 0 spiro atoms. The Morgan fingerprint density at radius 1 is 1.19 bits per heavy atom. The quantitative estimate of drug-likeness (QED) is 0.714. The summed E-state index contributed by atoms with van der Waals surface area (Å²) in [6, 6.07) is 0.466. The zero-order chi connectivity index (χ0) is 11.8. The van der Waals surface area contributed by atoms with E-state index in [1.165, 1.54) is 19.3 Å². The molecule has 0 amide bonds. The summed E-state index contributed by atoms with van der Waals surface area (Å²) in [5.41, 5.74) is 0. The van der Waals surface area contributed by atoms with E-state index in [-0.39, 0.29) is 6.10 Å². The second kappa shape index (κ2) is 8.01. The molecule has 96 valence electrons. The van der Waals surface area contributed by atoms with Crippen LogP contribution in [0.4, 0.5) is 0 Å². The van der Waals surface area contributed by atoms with Crippen LogP contribution in [0.5, 0.6) is 0 Å². The average Bonchev–Trinajstić information content (AvgIpc) is 2.34. The Balaban J connectivity index is 2.28. The van der Waals surface area contributed by atoms with Gasteiger partial charge in [0, 0.05) is 33.9 Å². The van der Waals surface area contributed by atoms with Crippen LogP contribution in [-0.2, 0) is 14.2 Å².